The highest BCUT2D eigenvalue weighted by Gasteiger charge is 2.13. The van der Waals surface area contributed by atoms with Gasteiger partial charge in [-0.2, -0.15) is 5.10 Å². The molecule has 0 aliphatic heterocycles. The minimum Gasteiger partial charge on any atom is -0.496 e. The summed E-state index contributed by atoms with van der Waals surface area (Å²) in [5, 5.41) is 7.13. The van der Waals surface area contributed by atoms with Gasteiger partial charge in [0.1, 0.15) is 23.8 Å². The molecule has 3 rings (SSSR count). The second-order valence-corrected chi connectivity index (χ2v) is 6.49. The lowest BCUT2D eigenvalue weighted by Crippen LogP contribution is -2.29. The maximum Gasteiger partial charge on any atom is 0.267 e. The number of methoxy groups -OCH3 is 1. The van der Waals surface area contributed by atoms with Crippen molar-refractivity contribution < 1.29 is 19.0 Å². The molecule has 0 fully saturated rings. The Labute approximate surface area is 180 Å². The van der Waals surface area contributed by atoms with Crippen molar-refractivity contribution in [2.75, 3.05) is 25.6 Å². The summed E-state index contributed by atoms with van der Waals surface area (Å²) in [6.45, 7) is 4.41. The van der Waals surface area contributed by atoms with Crippen molar-refractivity contribution >= 4 is 11.6 Å². The number of ether oxygens (including phenoxy) is 3. The van der Waals surface area contributed by atoms with Crippen molar-refractivity contribution in [1.29, 1.82) is 0 Å². The van der Waals surface area contributed by atoms with Gasteiger partial charge in [-0.3, -0.25) is 9.59 Å². The van der Waals surface area contributed by atoms with E-state index in [1.54, 1.807) is 37.4 Å². The molecule has 162 valence electrons. The number of amides is 1. The zero-order chi connectivity index (χ0) is 22.2. The molecule has 0 radical (unpaired) electrons. The maximum absolute atomic E-state index is 12.7. The largest absolute Gasteiger partial charge is 0.496 e. The molecule has 0 saturated carbocycles. The van der Waals surface area contributed by atoms with Gasteiger partial charge in [-0.25, -0.2) is 4.68 Å². The molecule has 1 aromatic heterocycles. The Balaban J connectivity index is 1.84. The van der Waals surface area contributed by atoms with Crippen LogP contribution in [0, 0.1) is 0 Å². The summed E-state index contributed by atoms with van der Waals surface area (Å²) in [5.41, 5.74) is 1.33. The van der Waals surface area contributed by atoms with Crippen molar-refractivity contribution in [3.8, 4) is 28.5 Å². The van der Waals surface area contributed by atoms with Gasteiger partial charge in [0.25, 0.3) is 5.56 Å². The molecule has 8 nitrogen and oxygen atoms in total. The number of rotatable bonds is 9. The number of carbonyl (C=O) groups excluding carboxylic acids is 1. The summed E-state index contributed by atoms with van der Waals surface area (Å²) >= 11 is 0. The second kappa shape index (κ2) is 10.3. The minimum atomic E-state index is -0.415. The topological polar surface area (TPSA) is 91.7 Å². The first kappa shape index (κ1) is 21.9. The lowest BCUT2D eigenvalue weighted by atomic mass is 10.1. The lowest BCUT2D eigenvalue weighted by Gasteiger charge is -2.14. The van der Waals surface area contributed by atoms with Crippen molar-refractivity contribution in [2.45, 2.75) is 20.4 Å². The van der Waals surface area contributed by atoms with Crippen LogP contribution in [0.4, 0.5) is 5.69 Å². The van der Waals surface area contributed by atoms with Gasteiger partial charge in [-0.15, -0.1) is 0 Å². The van der Waals surface area contributed by atoms with Crippen LogP contribution in [0.1, 0.15) is 13.8 Å². The number of anilines is 1. The van der Waals surface area contributed by atoms with E-state index in [9.17, 15) is 9.59 Å². The molecule has 0 spiro atoms. The summed E-state index contributed by atoms with van der Waals surface area (Å²) in [6.07, 6.45) is 0. The first-order valence-electron chi connectivity index (χ1n) is 9.96. The molecule has 1 heterocycles. The molecule has 0 saturated heterocycles. The average Bonchev–Trinajstić information content (AvgIpc) is 2.77. The maximum atomic E-state index is 12.7. The average molecular weight is 423 g/mol. The van der Waals surface area contributed by atoms with Crippen molar-refractivity contribution in [3.63, 3.8) is 0 Å². The number of hydrogen-bond acceptors (Lipinski definition) is 6. The quantitative estimate of drug-likeness (QED) is 0.568. The molecular weight excluding hydrogens is 398 g/mol. The van der Waals surface area contributed by atoms with E-state index in [4.69, 9.17) is 14.2 Å². The lowest BCUT2D eigenvalue weighted by molar-refractivity contribution is -0.117. The van der Waals surface area contributed by atoms with Crippen molar-refractivity contribution in [1.82, 2.24) is 9.78 Å². The van der Waals surface area contributed by atoms with Crippen LogP contribution in [-0.4, -0.2) is 36.0 Å². The molecule has 0 bridgehead atoms. The Kier molecular flexibility index (Phi) is 7.26. The fourth-order valence-corrected chi connectivity index (χ4v) is 3.03. The summed E-state index contributed by atoms with van der Waals surface area (Å²) in [6, 6.07) is 15.5. The van der Waals surface area contributed by atoms with Crippen LogP contribution < -0.4 is 25.1 Å². The predicted molar refractivity (Wildman–Crippen MR) is 118 cm³/mol. The number of nitrogens with one attached hydrogen (secondary N) is 1. The highest BCUT2D eigenvalue weighted by atomic mass is 16.5. The number of aromatic nitrogens is 2. The fraction of sp³-hybridized carbons (Fsp3) is 0.261. The first-order chi connectivity index (χ1) is 15.0. The number of hydrogen-bond donors (Lipinski definition) is 1. The third-order valence-electron chi connectivity index (χ3n) is 4.38. The van der Waals surface area contributed by atoms with Crippen molar-refractivity contribution in [2.24, 2.45) is 0 Å². The molecule has 1 amide bonds. The van der Waals surface area contributed by atoms with Gasteiger partial charge in [-0.1, -0.05) is 12.1 Å². The Bertz CT molecular complexity index is 1110. The number of nitrogens with zero attached hydrogens (tertiary/aromatic N) is 2. The van der Waals surface area contributed by atoms with E-state index in [1.165, 1.54) is 6.07 Å². The van der Waals surface area contributed by atoms with E-state index < -0.39 is 5.91 Å². The predicted octanol–water partition coefficient (Wildman–Crippen LogP) is 3.36. The summed E-state index contributed by atoms with van der Waals surface area (Å²) in [5.74, 6) is 1.33. The molecule has 2 aromatic carbocycles. The van der Waals surface area contributed by atoms with E-state index in [0.29, 0.717) is 41.8 Å². The van der Waals surface area contributed by atoms with Crippen LogP contribution in [0.3, 0.4) is 0 Å². The molecule has 3 aromatic rings. The SMILES string of the molecule is CCOc1ccc(OCC)c(NC(=O)Cn2nc(-c3ccccc3OC)ccc2=O)c1. The van der Waals surface area contributed by atoms with Crippen LogP contribution in [-0.2, 0) is 11.3 Å². The smallest absolute Gasteiger partial charge is 0.267 e. The Hall–Kier alpha value is -3.81. The third-order valence-corrected chi connectivity index (χ3v) is 4.38. The molecule has 1 N–H and O–H groups in total. The first-order valence-corrected chi connectivity index (χ1v) is 9.96. The van der Waals surface area contributed by atoms with E-state index in [1.807, 2.05) is 32.0 Å². The summed E-state index contributed by atoms with van der Waals surface area (Å²) in [7, 11) is 1.56. The highest BCUT2D eigenvalue weighted by molar-refractivity contribution is 5.92. The zero-order valence-corrected chi connectivity index (χ0v) is 17.8. The summed E-state index contributed by atoms with van der Waals surface area (Å²) in [4.78, 5) is 25.0. The van der Waals surface area contributed by atoms with Gasteiger partial charge < -0.3 is 19.5 Å². The molecular formula is C23H25N3O5. The zero-order valence-electron chi connectivity index (χ0n) is 17.8. The molecule has 31 heavy (non-hydrogen) atoms. The van der Waals surface area contributed by atoms with E-state index >= 15 is 0 Å². The van der Waals surface area contributed by atoms with E-state index in [2.05, 4.69) is 10.4 Å². The van der Waals surface area contributed by atoms with Crippen molar-refractivity contribution in [3.05, 3.63) is 65.0 Å². The van der Waals surface area contributed by atoms with Crippen LogP contribution in [0.2, 0.25) is 0 Å². The molecule has 0 aliphatic carbocycles. The van der Waals surface area contributed by atoms with Gasteiger partial charge >= 0.3 is 0 Å². The number of benzene rings is 2. The van der Waals surface area contributed by atoms with Gasteiger partial charge in [0.05, 0.1) is 31.7 Å². The van der Waals surface area contributed by atoms with Gasteiger partial charge in [0.15, 0.2) is 0 Å². The van der Waals surface area contributed by atoms with Gasteiger partial charge in [-0.05, 0) is 44.2 Å². The molecule has 8 heteroatoms. The standard InChI is InChI=1S/C23H25N3O5/c1-4-30-16-10-12-21(31-5-2)19(14-16)24-22(27)15-26-23(28)13-11-18(25-26)17-8-6-7-9-20(17)29-3/h6-14H,4-5,15H2,1-3H3,(H,24,27). The normalized spacial score (nSPS) is 10.4. The van der Waals surface area contributed by atoms with Gasteiger partial charge in [0.2, 0.25) is 5.91 Å². The number of para-hydroxylation sites is 1. The Morgan fingerprint density at radius 3 is 2.52 bits per heavy atom. The van der Waals surface area contributed by atoms with Crippen LogP contribution >= 0.6 is 0 Å². The second-order valence-electron chi connectivity index (χ2n) is 6.49. The molecule has 0 unspecified atom stereocenters. The van der Waals surface area contributed by atoms with Crippen LogP contribution in [0.5, 0.6) is 17.2 Å². The van der Waals surface area contributed by atoms with Gasteiger partial charge in [0, 0.05) is 17.7 Å². The fourth-order valence-electron chi connectivity index (χ4n) is 3.03. The Morgan fingerprint density at radius 1 is 1.00 bits per heavy atom. The number of carbonyl (C=O) groups is 1. The van der Waals surface area contributed by atoms with E-state index in [-0.39, 0.29) is 12.1 Å². The highest BCUT2D eigenvalue weighted by Crippen LogP contribution is 2.30. The molecule has 0 atom stereocenters. The Morgan fingerprint density at radius 2 is 1.77 bits per heavy atom. The van der Waals surface area contributed by atoms with E-state index in [0.717, 1.165) is 10.2 Å². The third kappa shape index (κ3) is 5.42. The van der Waals surface area contributed by atoms with Crippen LogP contribution in [0.15, 0.2) is 59.4 Å². The summed E-state index contributed by atoms with van der Waals surface area (Å²) < 4.78 is 17.6. The van der Waals surface area contributed by atoms with Crippen LogP contribution in [0.25, 0.3) is 11.3 Å². The molecule has 0 aliphatic rings. The minimum absolute atomic E-state index is 0.258. The monoisotopic (exact) mass is 423 g/mol.